The number of terminal acetylenes is 1. The number of carboxylic acids is 2. The number of fused-ring (bicyclic) bond motifs is 2. The lowest BCUT2D eigenvalue weighted by Gasteiger charge is -2.29. The van der Waals surface area contributed by atoms with E-state index in [0.29, 0.717) is 64.4 Å². The Morgan fingerprint density at radius 1 is 0.574 bits per heavy atom. The van der Waals surface area contributed by atoms with E-state index in [9.17, 15) is 72.9 Å². The predicted molar refractivity (Wildman–Crippen MR) is 476 cm³/mol. The molecule has 1 aliphatic rings. The number of para-hydroxylation sites is 2. The van der Waals surface area contributed by atoms with Crippen LogP contribution < -0.4 is 80.2 Å². The minimum absolute atomic E-state index is 0.0599. The fourth-order valence-electron chi connectivity index (χ4n) is 13.3. The lowest BCUT2D eigenvalue weighted by atomic mass is 9.98. The summed E-state index contributed by atoms with van der Waals surface area (Å²) in [6.07, 6.45) is 7.81. The van der Waals surface area contributed by atoms with Crippen molar-refractivity contribution in [2.24, 2.45) is 23.5 Å². The highest BCUT2D eigenvalue weighted by Crippen LogP contribution is 2.26. The molecule has 3 aromatic heterocycles. The van der Waals surface area contributed by atoms with Crippen LogP contribution in [0.2, 0.25) is 0 Å². The lowest BCUT2D eigenvalue weighted by Crippen LogP contribution is -2.61. The molecule has 4 heterocycles. The van der Waals surface area contributed by atoms with Gasteiger partial charge in [0.25, 0.3) is 0 Å². The van der Waals surface area contributed by atoms with Gasteiger partial charge < -0.3 is 129 Å². The minimum Gasteiger partial charge on any atom is -0.481 e. The van der Waals surface area contributed by atoms with Gasteiger partial charge in [-0.3, -0.25) is 76.7 Å². The van der Waals surface area contributed by atoms with Crippen LogP contribution in [0.4, 0.5) is 0 Å². The number of rotatable bonds is 41. The van der Waals surface area contributed by atoms with Crippen LogP contribution in [0.1, 0.15) is 124 Å². The van der Waals surface area contributed by atoms with Crippen molar-refractivity contribution in [3.8, 4) is 12.3 Å². The third-order valence-electron chi connectivity index (χ3n) is 20.1. The maximum atomic E-state index is 15.3. The molecule has 0 unspecified atom stereocenters. The number of nitrogens with one attached hydrogen (secondary N) is 17. The van der Waals surface area contributed by atoms with Gasteiger partial charge in [-0.05, 0) is 80.5 Å². The Bertz CT molecular complexity index is 4600. The number of hydrogen-bond acceptors (Lipinski definition) is 25. The van der Waals surface area contributed by atoms with Crippen LogP contribution in [0.5, 0.6) is 0 Å². The molecule has 42 nitrogen and oxygen atoms in total. The second-order valence-electron chi connectivity index (χ2n) is 32.0. The molecule has 0 aliphatic carbocycles. The molecule has 1 fully saturated rings. The second-order valence-corrected chi connectivity index (χ2v) is 34.5. The molecule has 13 atom stereocenters. The van der Waals surface area contributed by atoms with Crippen molar-refractivity contribution in [2.45, 2.75) is 205 Å². The molecule has 14 amide bonds. The van der Waals surface area contributed by atoms with Crippen molar-refractivity contribution < 1.29 is 111 Å². The summed E-state index contributed by atoms with van der Waals surface area (Å²) in [5.74, 6) is -16.1. The number of hydrogen-bond donors (Lipinski definition) is 21. The molecular weight excluding hydrogens is 1720 g/mol. The highest BCUT2D eigenvalue weighted by molar-refractivity contribution is 8.76. The zero-order chi connectivity index (χ0) is 94.7. The van der Waals surface area contributed by atoms with Crippen molar-refractivity contribution in [3.63, 3.8) is 0 Å². The SMILES string of the molecule is C#CCCCC(=O)NCCOCCOCCOCCOCCN[C@@H](CC(=O)O)C(=O)N[C@H]1CSSC[C@@H](C(=O)N[C@H](C(N)=O)[C@@H](C)O)NC(=O)[C@@H](Cc2c[nH]c3ccccc23)NC(=O)[C@H](C(C)C)NC(=O)[C@H](CC(C)C)NC(=O)[C@H](CCC(=O)O)NC(=O)CNC(=O)[C@H](CC(C)C)NC(=O)[C@@H](Cc2cnc[nH]2)NC(=O)[C@H](Cc2c[nH]c3ccccc23)NC(=O)[C@H](C)NC1=O. The van der Waals surface area contributed by atoms with Crippen LogP contribution in [-0.2, 0) is 115 Å². The monoisotopic (exact) mass is 1840 g/mol. The fraction of sp³-hybridized carbons (Fsp3) is 0.565. The van der Waals surface area contributed by atoms with Crippen molar-refractivity contribution in [2.75, 3.05) is 84.0 Å². The molecule has 6 rings (SSSR count). The Morgan fingerprint density at radius 3 is 1.62 bits per heavy atom. The molecule has 44 heteroatoms. The number of ether oxygens (including phenoxy) is 4. The number of primary amides is 1. The highest BCUT2D eigenvalue weighted by Gasteiger charge is 2.39. The molecule has 5 aromatic rings. The summed E-state index contributed by atoms with van der Waals surface area (Å²) in [5, 5.41) is 68.6. The number of imidazole rings is 1. The van der Waals surface area contributed by atoms with Gasteiger partial charge in [0.1, 0.15) is 66.5 Å². The van der Waals surface area contributed by atoms with E-state index < -0.39 is 211 Å². The number of aliphatic carboxylic acids is 2. The van der Waals surface area contributed by atoms with E-state index in [-0.39, 0.29) is 109 Å². The first kappa shape index (κ1) is 106. The van der Waals surface area contributed by atoms with E-state index in [0.717, 1.165) is 28.5 Å². The zero-order valence-electron chi connectivity index (χ0n) is 73.6. The van der Waals surface area contributed by atoms with Crippen LogP contribution in [-0.4, -0.2) is 292 Å². The third kappa shape index (κ3) is 37.9. The van der Waals surface area contributed by atoms with Gasteiger partial charge in [-0.25, -0.2) is 4.98 Å². The summed E-state index contributed by atoms with van der Waals surface area (Å²) < 4.78 is 22.3. The Kier molecular flexibility index (Phi) is 45.9. The number of aliphatic hydroxyl groups excluding tert-OH is 1. The van der Waals surface area contributed by atoms with Crippen molar-refractivity contribution in [3.05, 3.63) is 90.3 Å². The maximum absolute atomic E-state index is 15.3. The smallest absolute Gasteiger partial charge is 0.305 e. The summed E-state index contributed by atoms with van der Waals surface area (Å²) in [4.78, 5) is 239. The third-order valence-corrected chi connectivity index (χ3v) is 22.5. The molecule has 708 valence electrons. The summed E-state index contributed by atoms with van der Waals surface area (Å²) >= 11 is 0. The summed E-state index contributed by atoms with van der Waals surface area (Å²) in [6, 6.07) is -5.35. The van der Waals surface area contributed by atoms with Gasteiger partial charge in [0.2, 0.25) is 82.7 Å². The van der Waals surface area contributed by atoms with Crippen LogP contribution >= 0.6 is 21.6 Å². The van der Waals surface area contributed by atoms with Gasteiger partial charge in [-0.1, -0.05) is 99.5 Å². The number of aromatic amines is 3. The van der Waals surface area contributed by atoms with Gasteiger partial charge in [0.15, 0.2) is 0 Å². The first-order valence-electron chi connectivity index (χ1n) is 42.6. The zero-order valence-corrected chi connectivity index (χ0v) is 75.2. The lowest BCUT2D eigenvalue weighted by molar-refractivity contribution is -0.140. The quantitative estimate of drug-likeness (QED) is 0.0116. The van der Waals surface area contributed by atoms with E-state index >= 15 is 19.2 Å². The fourth-order valence-corrected chi connectivity index (χ4v) is 15.7. The Morgan fingerprint density at radius 2 is 1.09 bits per heavy atom. The molecule has 2 aromatic carbocycles. The number of H-pyrrole nitrogens is 3. The van der Waals surface area contributed by atoms with E-state index in [1.165, 1.54) is 19.4 Å². The van der Waals surface area contributed by atoms with Gasteiger partial charge in [0.05, 0.1) is 84.3 Å². The number of aliphatic hydroxyl groups is 1. The van der Waals surface area contributed by atoms with Crippen LogP contribution in [0.3, 0.4) is 0 Å². The number of carboxylic acid groups (broad SMARTS) is 2. The Balaban J connectivity index is 1.37. The largest absolute Gasteiger partial charge is 0.481 e. The van der Waals surface area contributed by atoms with Crippen molar-refractivity contribution >= 4 is 138 Å². The van der Waals surface area contributed by atoms with E-state index in [4.69, 9.17) is 31.1 Å². The van der Waals surface area contributed by atoms with Gasteiger partial charge >= 0.3 is 11.9 Å². The number of benzene rings is 2. The van der Waals surface area contributed by atoms with E-state index in [1.807, 2.05) is 0 Å². The number of aromatic nitrogens is 4. The normalized spacial score (nSPS) is 21.2. The summed E-state index contributed by atoms with van der Waals surface area (Å²) in [5.41, 5.74) is 8.18. The van der Waals surface area contributed by atoms with E-state index in [2.05, 4.69) is 100 Å². The molecular formula is C85H123N19O23S2. The highest BCUT2D eigenvalue weighted by atomic mass is 33.1. The first-order chi connectivity index (χ1) is 61.5. The summed E-state index contributed by atoms with van der Waals surface area (Å²) in [6.45, 7) is 13.1. The second kappa shape index (κ2) is 55.9. The van der Waals surface area contributed by atoms with Crippen LogP contribution in [0, 0.1) is 30.1 Å². The van der Waals surface area contributed by atoms with Gasteiger partial charge in [-0.15, -0.1) is 12.3 Å². The Labute approximate surface area is 754 Å². The van der Waals surface area contributed by atoms with Crippen molar-refractivity contribution in [1.82, 2.24) is 94.4 Å². The average Bonchev–Trinajstić information content (AvgIpc) is 1.70. The predicted octanol–water partition coefficient (Wildman–Crippen LogP) is -1.84. The van der Waals surface area contributed by atoms with Gasteiger partial charge in [-0.2, -0.15) is 0 Å². The number of amides is 14. The Hall–Kier alpha value is -11.7. The molecule has 1 aliphatic heterocycles. The molecule has 0 spiro atoms. The average molecular weight is 1840 g/mol. The van der Waals surface area contributed by atoms with Crippen LogP contribution in [0.15, 0.2) is 73.4 Å². The molecule has 0 bridgehead atoms. The molecule has 0 radical (unpaired) electrons. The standard InChI is InChI=1S/C85H123N19O23S2/c1-10-11-12-21-68(106)89-25-27-125-29-31-127-33-32-126-30-28-124-26-24-88-60(39-71(110)111)78(116)101-66-44-128-129-45-67(84(122)104-73(51(9)105)74(86)112)102-80(118)64(37-53-41-91-58-20-16-14-18-56(53)58)100-85(123)72(49(6)7)103-82(120)62(35-48(4)5)98-77(115)59(22-23-70(108)109)95-69(107)43-92-76(114)61(34-47(2)3)97-81(119)65(38-54-42-87-46-93-54)99-79(117)63(96-75(113)50(8)94-83(66)121)36-52-40-90-57-19-15-13-17-55(52)57/h1,13-20,40-42,46-51,59-67,72-73,88,90-91,105H,11-12,21-39,43-45H2,2-9H3,(H2,86,112)(H,87,93)(H,89,106)(H,92,114)(H,94,121)(H,95,107)(H,96,113)(H,97,119)(H,98,115)(H,99,117)(H,100,123)(H,101,116)(H,102,118)(H,103,120)(H,104,122)(H,108,109)(H,110,111)/t50-,51+,59-,60-,61-,62-,63-,64+,65+,66-,67-,72-,73-/m0/s1. The molecule has 22 N–H and O–H groups in total. The van der Waals surface area contributed by atoms with Crippen LogP contribution in [0.25, 0.3) is 21.8 Å². The number of nitrogens with zero attached hydrogens (tertiary/aromatic N) is 1. The number of nitrogens with two attached hydrogens (primary N) is 1. The number of carbonyl (C=O) groups is 16. The first-order valence-corrected chi connectivity index (χ1v) is 45.1. The topological polar surface area (TPSA) is 625 Å². The van der Waals surface area contributed by atoms with Crippen molar-refractivity contribution in [1.29, 1.82) is 0 Å². The number of unbranched alkanes of at least 4 members (excludes halogenated alkanes) is 1. The molecule has 0 saturated carbocycles. The molecule has 1 saturated heterocycles. The van der Waals surface area contributed by atoms with E-state index in [1.54, 1.807) is 102 Å². The number of carbonyl (C=O) groups excluding carboxylic acids is 14. The summed E-state index contributed by atoms with van der Waals surface area (Å²) in [7, 11) is 1.60. The van der Waals surface area contributed by atoms with Gasteiger partial charge in [0, 0.05) is 109 Å². The molecule has 129 heavy (non-hydrogen) atoms. The maximum Gasteiger partial charge on any atom is 0.305 e. The minimum atomic E-state index is -1.76.